The molecule has 2 unspecified atom stereocenters. The molecule has 0 aliphatic carbocycles. The molecule has 178 valence electrons. The Kier molecular flexibility index (Phi) is 14.0. The van der Waals surface area contributed by atoms with Gasteiger partial charge in [0.1, 0.15) is 18.3 Å². The van der Waals surface area contributed by atoms with E-state index in [4.69, 9.17) is 9.47 Å². The summed E-state index contributed by atoms with van der Waals surface area (Å²) >= 11 is 0. The van der Waals surface area contributed by atoms with E-state index in [0.717, 1.165) is 6.42 Å². The molecular formula is C22H38N2O7. The monoisotopic (exact) mass is 442 g/mol. The normalized spacial score (nSPS) is 26.4. The number of unbranched alkanes of at least 4 members (excludes halogenated alkanes) is 2. The van der Waals surface area contributed by atoms with E-state index in [1.54, 1.807) is 6.92 Å². The van der Waals surface area contributed by atoms with Crippen LogP contribution in [0.25, 0.3) is 0 Å². The first-order valence-electron chi connectivity index (χ1n) is 11.0. The molecule has 0 aromatic heterocycles. The number of hydrogen-bond donors (Lipinski definition) is 5. The van der Waals surface area contributed by atoms with E-state index in [-0.39, 0.29) is 11.8 Å². The zero-order chi connectivity index (χ0) is 23.1. The minimum Gasteiger partial charge on any atom is -0.388 e. The maximum absolute atomic E-state index is 11.8. The van der Waals surface area contributed by atoms with E-state index in [0.29, 0.717) is 51.8 Å². The van der Waals surface area contributed by atoms with Gasteiger partial charge >= 0.3 is 0 Å². The van der Waals surface area contributed by atoms with Crippen LogP contribution in [-0.4, -0.2) is 77.5 Å². The standard InChI is InChI=1S/C22H38N2O7/c1-3-4-5-6-8-11-17(25)23-13-14-24-18(26)12-9-7-10-15-30-22-21(29)20(28)19(27)16(2)31-22/h3-6,16,19-22,27-29H,7-15H2,1-2H3,(H,23,25)(H,24,26)/t16?,19-,20-,21?,22+/m0/s1. The largest absolute Gasteiger partial charge is 0.388 e. The molecule has 5 atom stereocenters. The van der Waals surface area contributed by atoms with E-state index >= 15 is 0 Å². The van der Waals surface area contributed by atoms with Gasteiger partial charge in [0.05, 0.1) is 6.10 Å². The van der Waals surface area contributed by atoms with E-state index in [1.807, 2.05) is 31.2 Å². The summed E-state index contributed by atoms with van der Waals surface area (Å²) in [4.78, 5) is 23.5. The van der Waals surface area contributed by atoms with Crippen LogP contribution in [0.1, 0.15) is 52.4 Å². The fourth-order valence-corrected chi connectivity index (χ4v) is 3.00. The van der Waals surface area contributed by atoms with E-state index in [1.165, 1.54) is 0 Å². The third-order valence-corrected chi connectivity index (χ3v) is 4.89. The molecule has 0 bridgehead atoms. The van der Waals surface area contributed by atoms with Gasteiger partial charge in [-0.15, -0.1) is 0 Å². The number of amides is 2. The van der Waals surface area contributed by atoms with Crippen LogP contribution in [0.4, 0.5) is 0 Å². The summed E-state index contributed by atoms with van der Waals surface area (Å²) in [5, 5.41) is 34.8. The highest BCUT2D eigenvalue weighted by Crippen LogP contribution is 2.21. The molecule has 2 amide bonds. The second-order valence-electron chi connectivity index (χ2n) is 7.56. The highest BCUT2D eigenvalue weighted by molar-refractivity contribution is 5.77. The van der Waals surface area contributed by atoms with Crippen molar-refractivity contribution in [3.63, 3.8) is 0 Å². The fraction of sp³-hybridized carbons (Fsp3) is 0.727. The number of hydrogen-bond acceptors (Lipinski definition) is 7. The molecule has 1 aliphatic heterocycles. The average molecular weight is 443 g/mol. The van der Waals surface area contributed by atoms with Crippen LogP contribution in [0.2, 0.25) is 0 Å². The molecule has 31 heavy (non-hydrogen) atoms. The third kappa shape index (κ3) is 11.4. The Labute approximate surface area is 184 Å². The molecule has 1 rings (SSSR count). The molecule has 1 saturated heterocycles. The van der Waals surface area contributed by atoms with E-state index in [9.17, 15) is 24.9 Å². The molecule has 1 fully saturated rings. The lowest BCUT2D eigenvalue weighted by atomic mass is 10.0. The number of allylic oxidation sites excluding steroid dienone is 4. The third-order valence-electron chi connectivity index (χ3n) is 4.89. The lowest BCUT2D eigenvalue weighted by Crippen LogP contribution is -2.57. The number of carbonyl (C=O) groups excluding carboxylic acids is 2. The molecule has 5 N–H and O–H groups in total. The van der Waals surface area contributed by atoms with E-state index < -0.39 is 30.7 Å². The molecule has 0 aromatic rings. The minimum absolute atomic E-state index is 0.0390. The number of ether oxygens (including phenoxy) is 2. The summed E-state index contributed by atoms with van der Waals surface area (Å²) in [7, 11) is 0. The van der Waals surface area contributed by atoms with Crippen LogP contribution in [0.15, 0.2) is 24.3 Å². The second kappa shape index (κ2) is 15.9. The quantitative estimate of drug-likeness (QED) is 0.195. The fourth-order valence-electron chi connectivity index (χ4n) is 3.00. The van der Waals surface area contributed by atoms with Crippen LogP contribution in [0.3, 0.4) is 0 Å². The SMILES string of the molecule is CC=CC=CCCC(=O)NCCNC(=O)CCCCCO[C@@H]1OC(C)[C@H](O)[C@H](O)C1O. The molecule has 0 radical (unpaired) electrons. The number of aliphatic hydroxyl groups excluding tert-OH is 3. The maximum atomic E-state index is 11.8. The first-order chi connectivity index (χ1) is 14.9. The van der Waals surface area contributed by atoms with Gasteiger partial charge in [0.25, 0.3) is 0 Å². The average Bonchev–Trinajstić information content (AvgIpc) is 2.75. The maximum Gasteiger partial charge on any atom is 0.220 e. The summed E-state index contributed by atoms with van der Waals surface area (Å²) in [5.41, 5.74) is 0. The topological polar surface area (TPSA) is 137 Å². The van der Waals surface area contributed by atoms with Gasteiger partial charge in [0, 0.05) is 32.5 Å². The number of rotatable bonds is 14. The van der Waals surface area contributed by atoms with Crippen LogP contribution < -0.4 is 10.6 Å². The van der Waals surface area contributed by atoms with Gasteiger partial charge < -0.3 is 35.4 Å². The minimum atomic E-state index is -1.30. The lowest BCUT2D eigenvalue weighted by Gasteiger charge is -2.38. The number of carbonyl (C=O) groups is 2. The summed E-state index contributed by atoms with van der Waals surface area (Å²) in [6.07, 6.45) is 5.92. The van der Waals surface area contributed by atoms with Gasteiger partial charge in [-0.05, 0) is 33.1 Å². The highest BCUT2D eigenvalue weighted by atomic mass is 16.7. The first kappa shape index (κ1) is 27.3. The van der Waals surface area contributed by atoms with Crippen LogP contribution in [0.5, 0.6) is 0 Å². The van der Waals surface area contributed by atoms with Gasteiger partial charge in [-0.1, -0.05) is 30.7 Å². The Morgan fingerprint density at radius 3 is 2.29 bits per heavy atom. The molecule has 9 nitrogen and oxygen atoms in total. The zero-order valence-electron chi connectivity index (χ0n) is 18.5. The van der Waals surface area contributed by atoms with Gasteiger partial charge in [-0.2, -0.15) is 0 Å². The summed E-state index contributed by atoms with van der Waals surface area (Å²) in [6.45, 7) is 4.64. The van der Waals surface area contributed by atoms with Crippen molar-refractivity contribution in [2.24, 2.45) is 0 Å². The number of nitrogens with one attached hydrogen (secondary N) is 2. The van der Waals surface area contributed by atoms with Crippen molar-refractivity contribution in [1.82, 2.24) is 10.6 Å². The van der Waals surface area contributed by atoms with Crippen molar-refractivity contribution < 1.29 is 34.4 Å². The smallest absolute Gasteiger partial charge is 0.220 e. The van der Waals surface area contributed by atoms with Crippen molar-refractivity contribution in [2.75, 3.05) is 19.7 Å². The summed E-state index contributed by atoms with van der Waals surface area (Å²) < 4.78 is 10.8. The van der Waals surface area contributed by atoms with Gasteiger partial charge in [-0.3, -0.25) is 9.59 Å². The Balaban J connectivity index is 1.99. The first-order valence-corrected chi connectivity index (χ1v) is 11.0. The van der Waals surface area contributed by atoms with Crippen LogP contribution in [0, 0.1) is 0 Å². The molecule has 0 spiro atoms. The molecule has 9 heteroatoms. The second-order valence-corrected chi connectivity index (χ2v) is 7.56. The Hall–Kier alpha value is -1.78. The van der Waals surface area contributed by atoms with Gasteiger partial charge in [0.2, 0.25) is 11.8 Å². The molecule has 1 heterocycles. The molecular weight excluding hydrogens is 404 g/mol. The van der Waals surface area contributed by atoms with E-state index in [2.05, 4.69) is 10.6 Å². The number of aliphatic hydroxyl groups is 3. The Morgan fingerprint density at radius 1 is 0.935 bits per heavy atom. The van der Waals surface area contributed by atoms with Gasteiger partial charge in [0.15, 0.2) is 6.29 Å². The van der Waals surface area contributed by atoms with Crippen LogP contribution in [-0.2, 0) is 19.1 Å². The highest BCUT2D eigenvalue weighted by Gasteiger charge is 2.42. The van der Waals surface area contributed by atoms with Crippen molar-refractivity contribution >= 4 is 11.8 Å². The molecule has 1 aliphatic rings. The van der Waals surface area contributed by atoms with Gasteiger partial charge in [-0.25, -0.2) is 0 Å². The zero-order valence-corrected chi connectivity index (χ0v) is 18.5. The Bertz CT molecular complexity index is 582. The molecule has 0 saturated carbocycles. The Morgan fingerprint density at radius 2 is 1.61 bits per heavy atom. The lowest BCUT2D eigenvalue weighted by molar-refractivity contribution is -0.293. The molecule has 0 aromatic carbocycles. The van der Waals surface area contributed by atoms with Crippen LogP contribution >= 0.6 is 0 Å². The van der Waals surface area contributed by atoms with Crippen molar-refractivity contribution in [1.29, 1.82) is 0 Å². The predicted molar refractivity (Wildman–Crippen MR) is 116 cm³/mol. The van der Waals surface area contributed by atoms with Crippen molar-refractivity contribution in [3.8, 4) is 0 Å². The summed E-state index contributed by atoms with van der Waals surface area (Å²) in [5.74, 6) is -0.107. The van der Waals surface area contributed by atoms with Crippen molar-refractivity contribution in [2.45, 2.75) is 83.1 Å². The summed E-state index contributed by atoms with van der Waals surface area (Å²) in [6, 6.07) is 0. The van der Waals surface area contributed by atoms with Crippen molar-refractivity contribution in [3.05, 3.63) is 24.3 Å². The predicted octanol–water partition coefficient (Wildman–Crippen LogP) is 0.536.